The maximum Gasteiger partial charge on any atom is 0.338 e. The van der Waals surface area contributed by atoms with E-state index in [0.717, 1.165) is 5.56 Å². The summed E-state index contributed by atoms with van der Waals surface area (Å²) >= 11 is 0. The summed E-state index contributed by atoms with van der Waals surface area (Å²) in [7, 11) is 0. The first-order valence-corrected chi connectivity index (χ1v) is 7.00. The Morgan fingerprint density at radius 3 is 2.36 bits per heavy atom. The normalized spacial score (nSPS) is 10.4. The van der Waals surface area contributed by atoms with Crippen molar-refractivity contribution in [2.75, 3.05) is 11.9 Å². The highest BCUT2D eigenvalue weighted by Gasteiger charge is 2.06. The van der Waals surface area contributed by atoms with E-state index in [0.29, 0.717) is 17.9 Å². The van der Waals surface area contributed by atoms with Crippen LogP contribution in [0.4, 0.5) is 5.69 Å². The van der Waals surface area contributed by atoms with Gasteiger partial charge in [-0.05, 0) is 42.8 Å². The van der Waals surface area contributed by atoms with Gasteiger partial charge in [-0.15, -0.1) is 0 Å². The molecule has 0 unspecified atom stereocenters. The Morgan fingerprint density at radius 2 is 1.73 bits per heavy atom. The van der Waals surface area contributed by atoms with Gasteiger partial charge in [0, 0.05) is 11.8 Å². The van der Waals surface area contributed by atoms with Crippen LogP contribution >= 0.6 is 0 Å². The molecule has 4 nitrogen and oxygen atoms in total. The zero-order chi connectivity index (χ0) is 15.8. The number of nitrogens with one attached hydrogen (secondary N) is 1. The molecule has 4 heteroatoms. The van der Waals surface area contributed by atoms with Crippen molar-refractivity contribution in [2.24, 2.45) is 0 Å². The van der Waals surface area contributed by atoms with E-state index < -0.39 is 0 Å². The lowest BCUT2D eigenvalue weighted by Crippen LogP contribution is -2.08. The molecule has 0 aromatic heterocycles. The quantitative estimate of drug-likeness (QED) is 0.678. The van der Waals surface area contributed by atoms with Crippen LogP contribution < -0.4 is 5.32 Å². The Kier molecular flexibility index (Phi) is 5.49. The third-order valence-corrected chi connectivity index (χ3v) is 2.89. The Bertz CT molecular complexity index is 660. The molecular formula is C18H17NO3. The number of benzene rings is 2. The minimum atomic E-state index is -0.371. The first kappa shape index (κ1) is 15.5. The number of hydrogen-bond acceptors (Lipinski definition) is 3. The second-order valence-electron chi connectivity index (χ2n) is 4.53. The summed E-state index contributed by atoms with van der Waals surface area (Å²) in [4.78, 5) is 23.3. The van der Waals surface area contributed by atoms with Crippen LogP contribution in [0.3, 0.4) is 0 Å². The van der Waals surface area contributed by atoms with Crippen LogP contribution in [0.1, 0.15) is 22.8 Å². The largest absolute Gasteiger partial charge is 0.462 e. The molecule has 2 aromatic carbocycles. The summed E-state index contributed by atoms with van der Waals surface area (Å²) in [6.07, 6.45) is 3.21. The van der Waals surface area contributed by atoms with Gasteiger partial charge in [0.25, 0.3) is 0 Å². The first-order valence-electron chi connectivity index (χ1n) is 7.00. The van der Waals surface area contributed by atoms with Crippen molar-refractivity contribution in [3.05, 3.63) is 71.8 Å². The molecule has 0 aliphatic heterocycles. The van der Waals surface area contributed by atoms with Crippen LogP contribution in [0.25, 0.3) is 6.08 Å². The number of anilines is 1. The summed E-state index contributed by atoms with van der Waals surface area (Å²) in [6, 6.07) is 16.1. The number of esters is 1. The highest BCUT2D eigenvalue weighted by Crippen LogP contribution is 2.11. The summed E-state index contributed by atoms with van der Waals surface area (Å²) < 4.78 is 4.90. The maximum atomic E-state index is 11.8. The van der Waals surface area contributed by atoms with Gasteiger partial charge in [-0.2, -0.15) is 0 Å². The fraction of sp³-hybridized carbons (Fsp3) is 0.111. The Balaban J connectivity index is 1.94. The van der Waals surface area contributed by atoms with E-state index in [9.17, 15) is 9.59 Å². The van der Waals surface area contributed by atoms with Crippen LogP contribution in [-0.2, 0) is 9.53 Å². The predicted octanol–water partition coefficient (Wildman–Crippen LogP) is 3.52. The number of hydrogen-bond donors (Lipinski definition) is 1. The SMILES string of the molecule is CCOC(=O)c1ccc(NC(=O)/C=C\c2ccccc2)cc1. The molecule has 112 valence electrons. The molecule has 0 atom stereocenters. The lowest BCUT2D eigenvalue weighted by Gasteiger charge is -2.04. The minimum Gasteiger partial charge on any atom is -0.462 e. The van der Waals surface area contributed by atoms with E-state index >= 15 is 0 Å². The molecule has 0 aliphatic rings. The average molecular weight is 295 g/mol. The molecule has 0 saturated carbocycles. The summed E-state index contributed by atoms with van der Waals surface area (Å²) in [5, 5.41) is 2.73. The molecule has 0 radical (unpaired) electrons. The van der Waals surface area contributed by atoms with Crippen molar-refractivity contribution in [3.8, 4) is 0 Å². The van der Waals surface area contributed by atoms with E-state index in [-0.39, 0.29) is 11.9 Å². The highest BCUT2D eigenvalue weighted by atomic mass is 16.5. The van der Waals surface area contributed by atoms with Crippen LogP contribution in [0.5, 0.6) is 0 Å². The van der Waals surface area contributed by atoms with Crippen molar-refractivity contribution in [1.29, 1.82) is 0 Å². The summed E-state index contributed by atoms with van der Waals surface area (Å²) in [5.74, 6) is -0.600. The van der Waals surface area contributed by atoms with Crippen molar-refractivity contribution >= 4 is 23.6 Å². The van der Waals surface area contributed by atoms with Crippen molar-refractivity contribution < 1.29 is 14.3 Å². The molecule has 0 heterocycles. The second kappa shape index (κ2) is 7.78. The van der Waals surface area contributed by atoms with Gasteiger partial charge in [-0.25, -0.2) is 4.79 Å². The Labute approximate surface area is 129 Å². The highest BCUT2D eigenvalue weighted by molar-refractivity contribution is 6.02. The fourth-order valence-corrected chi connectivity index (χ4v) is 1.82. The van der Waals surface area contributed by atoms with Gasteiger partial charge < -0.3 is 10.1 Å². The third kappa shape index (κ3) is 4.59. The molecule has 1 amide bonds. The molecule has 2 rings (SSSR count). The summed E-state index contributed by atoms with van der Waals surface area (Å²) in [6.45, 7) is 2.09. The van der Waals surface area contributed by atoms with Gasteiger partial charge in [0.15, 0.2) is 0 Å². The van der Waals surface area contributed by atoms with Gasteiger partial charge in [0.2, 0.25) is 5.91 Å². The average Bonchev–Trinajstić information content (AvgIpc) is 2.55. The summed E-state index contributed by atoms with van der Waals surface area (Å²) in [5.41, 5.74) is 2.03. The number of rotatable bonds is 5. The molecule has 2 aromatic rings. The first-order chi connectivity index (χ1) is 10.7. The number of amides is 1. The van der Waals surface area contributed by atoms with E-state index in [4.69, 9.17) is 4.74 Å². The smallest absolute Gasteiger partial charge is 0.338 e. The zero-order valence-electron chi connectivity index (χ0n) is 12.3. The van der Waals surface area contributed by atoms with Crippen LogP contribution in [-0.4, -0.2) is 18.5 Å². The molecular weight excluding hydrogens is 278 g/mol. The van der Waals surface area contributed by atoms with E-state index in [1.165, 1.54) is 6.08 Å². The van der Waals surface area contributed by atoms with Gasteiger partial charge >= 0.3 is 5.97 Å². The fourth-order valence-electron chi connectivity index (χ4n) is 1.82. The minimum absolute atomic E-state index is 0.229. The van der Waals surface area contributed by atoms with Gasteiger partial charge in [-0.1, -0.05) is 30.3 Å². The topological polar surface area (TPSA) is 55.4 Å². The lowest BCUT2D eigenvalue weighted by atomic mass is 10.2. The molecule has 0 bridgehead atoms. The van der Waals surface area contributed by atoms with Crippen molar-refractivity contribution in [3.63, 3.8) is 0 Å². The molecule has 1 N–H and O–H groups in total. The molecule has 22 heavy (non-hydrogen) atoms. The van der Waals surface area contributed by atoms with Gasteiger partial charge in [-0.3, -0.25) is 4.79 Å². The van der Waals surface area contributed by atoms with E-state index in [1.807, 2.05) is 30.3 Å². The predicted molar refractivity (Wildman–Crippen MR) is 86.5 cm³/mol. The van der Waals surface area contributed by atoms with E-state index in [1.54, 1.807) is 37.3 Å². The zero-order valence-corrected chi connectivity index (χ0v) is 12.3. The van der Waals surface area contributed by atoms with Crippen LogP contribution in [0.15, 0.2) is 60.7 Å². The molecule has 0 spiro atoms. The third-order valence-electron chi connectivity index (χ3n) is 2.89. The van der Waals surface area contributed by atoms with Gasteiger partial charge in [0.1, 0.15) is 0 Å². The lowest BCUT2D eigenvalue weighted by molar-refractivity contribution is -0.111. The van der Waals surface area contributed by atoms with Crippen LogP contribution in [0, 0.1) is 0 Å². The Hall–Kier alpha value is -2.88. The maximum absolute atomic E-state index is 11.8. The number of carbonyl (C=O) groups is 2. The standard InChI is InChI=1S/C18H17NO3/c1-2-22-18(21)15-9-11-16(12-10-15)19-17(20)13-8-14-6-4-3-5-7-14/h3-13H,2H2,1H3,(H,19,20)/b13-8-. The Morgan fingerprint density at radius 1 is 1.05 bits per heavy atom. The van der Waals surface area contributed by atoms with Crippen molar-refractivity contribution in [1.82, 2.24) is 0 Å². The van der Waals surface area contributed by atoms with Crippen molar-refractivity contribution in [2.45, 2.75) is 6.92 Å². The molecule has 0 fully saturated rings. The monoisotopic (exact) mass is 295 g/mol. The molecule has 0 aliphatic carbocycles. The van der Waals surface area contributed by atoms with E-state index in [2.05, 4.69) is 5.32 Å². The number of ether oxygens (including phenoxy) is 1. The van der Waals surface area contributed by atoms with Gasteiger partial charge in [0.05, 0.1) is 12.2 Å². The van der Waals surface area contributed by atoms with Crippen LogP contribution in [0.2, 0.25) is 0 Å². The molecule has 0 saturated heterocycles. The number of carbonyl (C=O) groups excluding carboxylic acids is 2. The second-order valence-corrected chi connectivity index (χ2v) is 4.53.